The minimum atomic E-state index is -0.653. The average Bonchev–Trinajstić information content (AvgIpc) is 3.46. The Hall–Kier alpha value is -2.66. The third kappa shape index (κ3) is 6.94. The van der Waals surface area contributed by atoms with Gasteiger partial charge in [0.2, 0.25) is 0 Å². The Labute approximate surface area is 313 Å². The van der Waals surface area contributed by atoms with E-state index in [4.69, 9.17) is 9.47 Å². The van der Waals surface area contributed by atoms with E-state index in [-0.39, 0.29) is 34.5 Å². The van der Waals surface area contributed by atoms with Crippen LogP contribution in [0.4, 0.5) is 0 Å². The number of rotatable bonds is 6. The second-order valence-electron chi connectivity index (χ2n) is 15.1. The quantitative estimate of drug-likeness (QED) is 0.232. The van der Waals surface area contributed by atoms with Gasteiger partial charge in [0.25, 0.3) is 11.8 Å². The van der Waals surface area contributed by atoms with E-state index in [0.717, 1.165) is 80.9 Å². The van der Waals surface area contributed by atoms with Gasteiger partial charge in [0.15, 0.2) is 0 Å². The Kier molecular flexibility index (Phi) is 11.1. The summed E-state index contributed by atoms with van der Waals surface area (Å²) in [4.78, 5) is 25.6. The summed E-state index contributed by atoms with van der Waals surface area (Å²) in [7, 11) is 3.45. The zero-order valence-corrected chi connectivity index (χ0v) is 33.8. The number of halogens is 2. The van der Waals surface area contributed by atoms with Crippen molar-refractivity contribution < 1.29 is 29.3 Å². The van der Waals surface area contributed by atoms with E-state index in [1.165, 1.54) is 0 Å². The topological polar surface area (TPSA) is 117 Å². The molecule has 2 aromatic rings. The van der Waals surface area contributed by atoms with E-state index in [1.54, 1.807) is 14.2 Å². The molecule has 2 heterocycles. The van der Waals surface area contributed by atoms with Gasteiger partial charge in [-0.1, -0.05) is 57.8 Å². The first-order chi connectivity index (χ1) is 23.5. The molecule has 0 atom stereocenters. The summed E-state index contributed by atoms with van der Waals surface area (Å²) >= 11 is 7.20. The fourth-order valence-corrected chi connectivity index (χ4v) is 9.75. The molecule has 2 aliphatic heterocycles. The predicted octanol–water partition coefficient (Wildman–Crippen LogP) is 8.87. The summed E-state index contributed by atoms with van der Waals surface area (Å²) < 4.78 is 12.9. The number of benzene rings is 2. The molecule has 4 N–H and O–H groups in total. The van der Waals surface area contributed by atoms with Crippen molar-refractivity contribution in [3.05, 3.63) is 78.1 Å². The number of aliphatic hydroxyl groups excluding tert-OH is 2. The van der Waals surface area contributed by atoms with Crippen LogP contribution in [0.1, 0.15) is 112 Å². The van der Waals surface area contributed by atoms with E-state index in [9.17, 15) is 19.8 Å². The Morgan fingerprint density at radius 3 is 1.24 bits per heavy atom. The number of hydrogen-bond acceptors (Lipinski definition) is 6. The van der Waals surface area contributed by atoms with Gasteiger partial charge in [-0.05, 0) is 126 Å². The van der Waals surface area contributed by atoms with E-state index in [1.807, 2.05) is 26.0 Å². The van der Waals surface area contributed by atoms with Crippen molar-refractivity contribution in [2.75, 3.05) is 14.2 Å². The van der Waals surface area contributed by atoms with Crippen molar-refractivity contribution in [1.29, 1.82) is 0 Å². The Bertz CT molecular complexity index is 1620. The number of hydrogen-bond donors (Lipinski definition) is 4. The highest BCUT2D eigenvalue weighted by atomic mass is 79.9. The zero-order valence-electron chi connectivity index (χ0n) is 30.7. The maximum absolute atomic E-state index is 12.8. The van der Waals surface area contributed by atoms with Crippen LogP contribution in [0.2, 0.25) is 0 Å². The molecule has 2 aromatic carbocycles. The number of aryl methyl sites for hydroxylation is 4. The Morgan fingerprint density at radius 1 is 0.640 bits per heavy atom. The average molecular weight is 817 g/mol. The number of carbonyl (C=O) groups excluding carboxylic acids is 2. The molecule has 0 radical (unpaired) electrons. The van der Waals surface area contributed by atoms with Crippen LogP contribution in [0.15, 0.2) is 44.7 Å². The summed E-state index contributed by atoms with van der Waals surface area (Å²) in [6.07, 6.45) is 7.55. The largest absolute Gasteiger partial charge is 0.509 e. The molecule has 4 aliphatic rings. The van der Waals surface area contributed by atoms with Crippen LogP contribution in [0.5, 0.6) is 0 Å². The van der Waals surface area contributed by atoms with Gasteiger partial charge in [0, 0.05) is 34.3 Å². The molecule has 2 saturated carbocycles. The summed E-state index contributed by atoms with van der Waals surface area (Å²) in [5, 5.41) is 28.3. The van der Waals surface area contributed by atoms with Gasteiger partial charge in [-0.3, -0.25) is 9.59 Å². The van der Waals surface area contributed by atoms with Gasteiger partial charge >= 0.3 is 0 Å². The van der Waals surface area contributed by atoms with E-state index < -0.39 is 11.1 Å². The van der Waals surface area contributed by atoms with Crippen molar-refractivity contribution in [3.8, 4) is 0 Å². The molecular formula is C40H52Br2N2O6. The third-order valence-electron chi connectivity index (χ3n) is 11.7. The molecule has 272 valence electrons. The number of amides is 2. The predicted molar refractivity (Wildman–Crippen MR) is 205 cm³/mol. The normalized spacial score (nSPS) is 29.4. The van der Waals surface area contributed by atoms with Crippen LogP contribution in [0, 0.1) is 13.8 Å². The molecule has 0 aromatic heterocycles. The van der Waals surface area contributed by atoms with Crippen LogP contribution >= 0.6 is 31.9 Å². The number of nitrogens with one attached hydrogen (secondary N) is 2. The summed E-state index contributed by atoms with van der Waals surface area (Å²) in [6.45, 7) is 12.4. The van der Waals surface area contributed by atoms with E-state index in [0.29, 0.717) is 36.8 Å². The van der Waals surface area contributed by atoms with Crippen LogP contribution in [0.25, 0.3) is 11.1 Å². The zero-order chi connectivity index (χ0) is 36.8. The maximum Gasteiger partial charge on any atom is 0.256 e. The van der Waals surface area contributed by atoms with Gasteiger partial charge in [-0.2, -0.15) is 0 Å². The lowest BCUT2D eigenvalue weighted by atomic mass is 9.74. The standard InChI is InChI=1S/2C20H26BrNO3/c2*1-5-13-10-12(2)11-14(21)15(13)16-17(23)20(22-18(16)24)8-6-19(3,25-4)7-9-20/h2*10-11,23H,5-9H2,1-4H3,(H,22,24). The van der Waals surface area contributed by atoms with Crippen LogP contribution < -0.4 is 10.6 Å². The van der Waals surface area contributed by atoms with Gasteiger partial charge in [0.05, 0.1) is 33.4 Å². The number of carbonyl (C=O) groups is 2. The van der Waals surface area contributed by atoms with Crippen molar-refractivity contribution in [2.45, 2.75) is 128 Å². The molecule has 2 amide bonds. The first kappa shape index (κ1) is 38.6. The minimum absolute atomic E-state index is 0.183. The summed E-state index contributed by atoms with van der Waals surface area (Å²) in [5.41, 5.74) is 5.21. The molecule has 2 fully saturated rings. The van der Waals surface area contributed by atoms with Crippen LogP contribution in [-0.2, 0) is 31.9 Å². The fourth-order valence-electron chi connectivity index (χ4n) is 8.12. The Balaban J connectivity index is 0.000000194. The van der Waals surface area contributed by atoms with E-state index in [2.05, 4.69) is 82.3 Å². The lowest BCUT2D eigenvalue weighted by Gasteiger charge is -2.42. The number of ether oxygens (including phenoxy) is 2. The molecule has 8 nitrogen and oxygen atoms in total. The maximum atomic E-state index is 12.8. The minimum Gasteiger partial charge on any atom is -0.509 e. The summed E-state index contributed by atoms with van der Waals surface area (Å²) in [5.74, 6) is 0.0142. The van der Waals surface area contributed by atoms with Crippen LogP contribution in [0.3, 0.4) is 0 Å². The van der Waals surface area contributed by atoms with Crippen molar-refractivity contribution in [3.63, 3.8) is 0 Å². The van der Waals surface area contributed by atoms with Gasteiger partial charge < -0.3 is 30.3 Å². The van der Waals surface area contributed by atoms with Crippen molar-refractivity contribution >= 4 is 54.8 Å². The van der Waals surface area contributed by atoms with Gasteiger partial charge in [-0.15, -0.1) is 0 Å². The number of aliphatic hydroxyl groups is 2. The third-order valence-corrected chi connectivity index (χ3v) is 13.0. The molecule has 2 aliphatic carbocycles. The molecule has 50 heavy (non-hydrogen) atoms. The van der Waals surface area contributed by atoms with E-state index >= 15 is 0 Å². The molecule has 0 unspecified atom stereocenters. The highest BCUT2D eigenvalue weighted by Crippen LogP contribution is 2.48. The molecule has 2 spiro atoms. The SMILES string of the molecule is CCc1cc(C)cc(Br)c1C1=C(O)C2(CCC(C)(OC)CC2)NC1=O.CCc1cc(C)cc(Br)c1C1=C(O)C2(CCC(C)(OC)CC2)NC1=O. The van der Waals surface area contributed by atoms with Gasteiger partial charge in [-0.25, -0.2) is 0 Å². The van der Waals surface area contributed by atoms with Crippen molar-refractivity contribution in [2.24, 2.45) is 0 Å². The molecular weight excluding hydrogens is 764 g/mol. The smallest absolute Gasteiger partial charge is 0.256 e. The second-order valence-corrected chi connectivity index (χ2v) is 16.8. The lowest BCUT2D eigenvalue weighted by Crippen LogP contribution is -2.51. The Morgan fingerprint density at radius 2 is 0.960 bits per heavy atom. The van der Waals surface area contributed by atoms with Gasteiger partial charge in [0.1, 0.15) is 11.5 Å². The molecule has 6 rings (SSSR count). The monoisotopic (exact) mass is 814 g/mol. The fraction of sp³-hybridized carbons (Fsp3) is 0.550. The van der Waals surface area contributed by atoms with Crippen LogP contribution in [-0.4, -0.2) is 58.5 Å². The molecule has 0 bridgehead atoms. The second kappa shape index (κ2) is 14.4. The molecule has 0 saturated heterocycles. The first-order valence-corrected chi connectivity index (χ1v) is 19.3. The first-order valence-electron chi connectivity index (χ1n) is 17.7. The molecule has 10 heteroatoms. The highest BCUT2D eigenvalue weighted by molar-refractivity contribution is 9.10. The number of methoxy groups -OCH3 is 2. The summed E-state index contributed by atoms with van der Waals surface area (Å²) in [6, 6.07) is 8.16. The van der Waals surface area contributed by atoms with Crippen molar-refractivity contribution in [1.82, 2.24) is 10.6 Å². The lowest BCUT2D eigenvalue weighted by molar-refractivity contribution is -0.118. The highest BCUT2D eigenvalue weighted by Gasteiger charge is 2.52.